The Hall–Kier alpha value is -2.27. The Morgan fingerprint density at radius 1 is 1.32 bits per heavy atom. The van der Waals surface area contributed by atoms with Gasteiger partial charge in [0.25, 0.3) is 0 Å². The van der Waals surface area contributed by atoms with E-state index in [1.54, 1.807) is 0 Å². The molecule has 5 nitrogen and oxygen atoms in total. The van der Waals surface area contributed by atoms with Gasteiger partial charge >= 0.3 is 6.09 Å². The van der Waals surface area contributed by atoms with Gasteiger partial charge in [-0.3, -0.25) is 5.32 Å². The van der Waals surface area contributed by atoms with Crippen LogP contribution in [0.5, 0.6) is 0 Å². The second kappa shape index (κ2) is 8.82. The molecule has 1 aromatic heterocycles. The summed E-state index contributed by atoms with van der Waals surface area (Å²) in [6, 6.07) is 6.03. The fourth-order valence-corrected chi connectivity index (χ4v) is 3.70. The molecule has 5 heteroatoms. The number of nitrogens with one attached hydrogen (secondary N) is 3. The van der Waals surface area contributed by atoms with Crippen LogP contribution in [-0.4, -0.2) is 29.8 Å². The van der Waals surface area contributed by atoms with E-state index in [9.17, 15) is 4.79 Å². The van der Waals surface area contributed by atoms with Crippen molar-refractivity contribution < 1.29 is 9.53 Å². The molecule has 1 aliphatic carbocycles. The van der Waals surface area contributed by atoms with E-state index in [1.165, 1.54) is 23.1 Å². The lowest BCUT2D eigenvalue weighted by molar-refractivity contribution is 0.174. The van der Waals surface area contributed by atoms with Crippen LogP contribution in [0.3, 0.4) is 0 Å². The maximum Gasteiger partial charge on any atom is 0.411 e. The first-order valence-electron chi connectivity index (χ1n) is 10.3. The topological polar surface area (TPSA) is 66.1 Å². The average molecular weight is 384 g/mol. The molecule has 152 valence electrons. The summed E-state index contributed by atoms with van der Waals surface area (Å²) in [4.78, 5) is 15.6. The Morgan fingerprint density at radius 2 is 2.14 bits per heavy atom. The van der Waals surface area contributed by atoms with Gasteiger partial charge in [0.2, 0.25) is 0 Å². The third-order valence-electron chi connectivity index (χ3n) is 5.17. The van der Waals surface area contributed by atoms with Gasteiger partial charge in [-0.2, -0.15) is 0 Å². The Labute approximate surface area is 167 Å². The highest BCUT2D eigenvalue weighted by Crippen LogP contribution is 2.33. The molecular formula is C23H33N3O2. The number of anilines is 1. The molecular weight excluding hydrogens is 350 g/mol. The van der Waals surface area contributed by atoms with Crippen LogP contribution < -0.4 is 10.6 Å². The standard InChI is InChI=1S/C23H33N3O2/c1-5-6-7-12-28-22(27)25-17-9-11-21-19(14-17)18-13-16(8-10-20(18)26-21)15-24-23(2,3)4/h6-7,9,11,14,16,24,26H,5,8,10,12-13,15H2,1-4H3,(H,25,27). The number of hydrogen-bond acceptors (Lipinski definition) is 3. The van der Waals surface area contributed by atoms with Crippen LogP contribution in [-0.2, 0) is 17.6 Å². The number of aromatic nitrogens is 1. The van der Waals surface area contributed by atoms with E-state index in [-0.39, 0.29) is 5.54 Å². The maximum absolute atomic E-state index is 12.0. The lowest BCUT2D eigenvalue weighted by Gasteiger charge is -2.28. The second-order valence-corrected chi connectivity index (χ2v) is 8.69. The zero-order valence-electron chi connectivity index (χ0n) is 17.5. The molecule has 0 saturated heterocycles. The lowest BCUT2D eigenvalue weighted by atomic mass is 9.86. The third kappa shape index (κ3) is 5.38. The second-order valence-electron chi connectivity index (χ2n) is 8.69. The minimum atomic E-state index is -0.420. The van der Waals surface area contributed by atoms with Gasteiger partial charge in [-0.25, -0.2) is 4.79 Å². The number of allylic oxidation sites excluding steroid dienone is 1. The van der Waals surface area contributed by atoms with Crippen LogP contribution in [0.1, 0.15) is 51.8 Å². The van der Waals surface area contributed by atoms with Crippen molar-refractivity contribution in [2.45, 2.75) is 58.9 Å². The molecule has 28 heavy (non-hydrogen) atoms. The molecule has 1 atom stereocenters. The van der Waals surface area contributed by atoms with E-state index in [0.717, 1.165) is 37.0 Å². The van der Waals surface area contributed by atoms with Gasteiger partial charge in [-0.15, -0.1) is 0 Å². The quantitative estimate of drug-likeness (QED) is 0.603. The SMILES string of the molecule is CCC=CCOC(=O)Nc1ccc2[nH]c3c(c2c1)CC(CNC(C)(C)C)CC3. The van der Waals surface area contributed by atoms with E-state index in [0.29, 0.717) is 12.5 Å². The van der Waals surface area contributed by atoms with E-state index in [4.69, 9.17) is 4.74 Å². The summed E-state index contributed by atoms with van der Waals surface area (Å²) in [6.45, 7) is 10.0. The molecule has 3 N–H and O–H groups in total. The minimum absolute atomic E-state index is 0.143. The summed E-state index contributed by atoms with van der Waals surface area (Å²) in [6.07, 6.45) is 7.70. The summed E-state index contributed by atoms with van der Waals surface area (Å²) in [5.41, 5.74) is 4.79. The fraction of sp³-hybridized carbons (Fsp3) is 0.522. The van der Waals surface area contributed by atoms with Crippen LogP contribution in [0.4, 0.5) is 10.5 Å². The Morgan fingerprint density at radius 3 is 2.89 bits per heavy atom. The van der Waals surface area contributed by atoms with Crippen molar-refractivity contribution in [3.05, 3.63) is 41.6 Å². The molecule has 3 rings (SSSR count). The Kier molecular flexibility index (Phi) is 6.45. The minimum Gasteiger partial charge on any atom is -0.445 e. The fourth-order valence-electron chi connectivity index (χ4n) is 3.70. The largest absolute Gasteiger partial charge is 0.445 e. The first kappa shape index (κ1) is 20.5. The molecule has 0 saturated carbocycles. The van der Waals surface area contributed by atoms with Crippen molar-refractivity contribution in [2.24, 2.45) is 5.92 Å². The van der Waals surface area contributed by atoms with Gasteiger partial charge in [-0.1, -0.05) is 19.1 Å². The summed E-state index contributed by atoms with van der Waals surface area (Å²) >= 11 is 0. The third-order valence-corrected chi connectivity index (χ3v) is 5.17. The number of amides is 1. The van der Waals surface area contributed by atoms with Gasteiger partial charge in [0.15, 0.2) is 0 Å². The highest BCUT2D eigenvalue weighted by Gasteiger charge is 2.24. The van der Waals surface area contributed by atoms with E-state index < -0.39 is 6.09 Å². The number of ether oxygens (including phenoxy) is 1. The molecule has 1 aliphatic rings. The molecule has 1 heterocycles. The predicted molar refractivity (Wildman–Crippen MR) is 116 cm³/mol. The van der Waals surface area contributed by atoms with E-state index >= 15 is 0 Å². The van der Waals surface area contributed by atoms with Crippen molar-refractivity contribution in [3.63, 3.8) is 0 Å². The number of H-pyrrole nitrogens is 1. The van der Waals surface area contributed by atoms with E-state index in [2.05, 4.69) is 42.5 Å². The number of rotatable bonds is 6. The molecule has 1 aromatic carbocycles. The van der Waals surface area contributed by atoms with Crippen molar-refractivity contribution in [3.8, 4) is 0 Å². The monoisotopic (exact) mass is 383 g/mol. The van der Waals surface area contributed by atoms with Gasteiger partial charge < -0.3 is 15.0 Å². The van der Waals surface area contributed by atoms with Crippen LogP contribution in [0.15, 0.2) is 30.4 Å². The van der Waals surface area contributed by atoms with Crippen LogP contribution in [0.25, 0.3) is 10.9 Å². The summed E-state index contributed by atoms with van der Waals surface area (Å²) in [7, 11) is 0. The zero-order chi connectivity index (χ0) is 20.1. The first-order valence-corrected chi connectivity index (χ1v) is 10.3. The molecule has 1 amide bonds. The summed E-state index contributed by atoms with van der Waals surface area (Å²) < 4.78 is 5.18. The zero-order valence-corrected chi connectivity index (χ0v) is 17.5. The molecule has 0 fully saturated rings. The predicted octanol–water partition coefficient (Wildman–Crippen LogP) is 5.18. The number of benzene rings is 1. The van der Waals surface area contributed by atoms with Gasteiger partial charge in [0, 0.05) is 27.8 Å². The van der Waals surface area contributed by atoms with Crippen molar-refractivity contribution >= 4 is 22.7 Å². The van der Waals surface area contributed by atoms with Crippen LogP contribution >= 0.6 is 0 Å². The molecule has 0 aliphatic heterocycles. The highest BCUT2D eigenvalue weighted by molar-refractivity contribution is 5.92. The van der Waals surface area contributed by atoms with E-state index in [1.807, 2.05) is 31.2 Å². The van der Waals surface area contributed by atoms with Crippen molar-refractivity contribution in [1.82, 2.24) is 10.3 Å². The average Bonchev–Trinajstić information content (AvgIpc) is 3.00. The molecule has 0 bridgehead atoms. The number of aryl methyl sites for hydroxylation is 1. The number of fused-ring (bicyclic) bond motifs is 3. The Bertz CT molecular complexity index is 845. The molecule has 2 aromatic rings. The molecule has 0 radical (unpaired) electrons. The van der Waals surface area contributed by atoms with Gasteiger partial charge in [0.1, 0.15) is 6.61 Å². The Balaban J connectivity index is 1.69. The smallest absolute Gasteiger partial charge is 0.411 e. The molecule has 0 spiro atoms. The normalized spacial score (nSPS) is 17.1. The van der Waals surface area contributed by atoms with Crippen molar-refractivity contribution in [2.75, 3.05) is 18.5 Å². The number of carbonyl (C=O) groups is 1. The number of carbonyl (C=O) groups excluding carboxylic acids is 1. The maximum atomic E-state index is 12.0. The van der Waals surface area contributed by atoms with Crippen molar-refractivity contribution in [1.29, 1.82) is 0 Å². The van der Waals surface area contributed by atoms with Crippen LogP contribution in [0.2, 0.25) is 0 Å². The molecule has 1 unspecified atom stereocenters. The van der Waals surface area contributed by atoms with Gasteiger partial charge in [0.05, 0.1) is 0 Å². The number of aromatic amines is 1. The summed E-state index contributed by atoms with van der Waals surface area (Å²) in [5, 5.41) is 7.69. The van der Waals surface area contributed by atoms with Crippen LogP contribution in [0, 0.1) is 5.92 Å². The summed E-state index contributed by atoms with van der Waals surface area (Å²) in [5.74, 6) is 0.637. The highest BCUT2D eigenvalue weighted by atomic mass is 16.5. The number of hydrogen-bond donors (Lipinski definition) is 3. The van der Waals surface area contributed by atoms with Gasteiger partial charge in [-0.05, 0) is 82.7 Å². The lowest BCUT2D eigenvalue weighted by Crippen LogP contribution is -2.40. The first-order chi connectivity index (χ1) is 13.4.